The SMILES string of the molecule is Cc1noc(C)c1-c1c[nH]c(=O)c(N[C@H](C)c2cccc[n+]2C)c1. The second-order valence-electron chi connectivity index (χ2n) is 5.93. The lowest BCUT2D eigenvalue weighted by Gasteiger charge is -2.13. The quantitative estimate of drug-likeness (QED) is 0.723. The van der Waals surface area contributed by atoms with Gasteiger partial charge in [-0.25, -0.2) is 4.57 Å². The summed E-state index contributed by atoms with van der Waals surface area (Å²) in [7, 11) is 1.98. The number of aromatic nitrogens is 3. The number of pyridine rings is 2. The molecule has 0 radical (unpaired) electrons. The normalized spacial score (nSPS) is 12.2. The highest BCUT2D eigenvalue weighted by Gasteiger charge is 2.18. The molecule has 0 fully saturated rings. The first-order chi connectivity index (χ1) is 11.5. The number of nitrogens with one attached hydrogen (secondary N) is 2. The highest BCUT2D eigenvalue weighted by Crippen LogP contribution is 2.27. The lowest BCUT2D eigenvalue weighted by atomic mass is 10.1. The van der Waals surface area contributed by atoms with Crippen LogP contribution in [-0.2, 0) is 7.05 Å². The summed E-state index contributed by atoms with van der Waals surface area (Å²) in [5.74, 6) is 0.730. The van der Waals surface area contributed by atoms with Gasteiger partial charge in [0, 0.05) is 29.5 Å². The monoisotopic (exact) mass is 325 g/mol. The Labute approximate surface area is 140 Å². The predicted octanol–water partition coefficient (Wildman–Crippen LogP) is 2.64. The molecule has 3 heterocycles. The Morgan fingerprint density at radius 1 is 1.33 bits per heavy atom. The Bertz CT molecular complexity index is 907. The highest BCUT2D eigenvalue weighted by atomic mass is 16.5. The molecule has 0 aliphatic heterocycles. The van der Waals surface area contributed by atoms with Crippen LogP contribution in [-0.4, -0.2) is 10.1 Å². The molecule has 2 N–H and O–H groups in total. The van der Waals surface area contributed by atoms with E-state index in [2.05, 4.69) is 15.5 Å². The van der Waals surface area contributed by atoms with Crippen LogP contribution in [0.5, 0.6) is 0 Å². The third-order valence-corrected chi connectivity index (χ3v) is 4.14. The molecule has 1 atom stereocenters. The zero-order chi connectivity index (χ0) is 17.3. The maximum atomic E-state index is 12.2. The highest BCUT2D eigenvalue weighted by molar-refractivity contribution is 5.70. The van der Waals surface area contributed by atoms with Gasteiger partial charge in [-0.05, 0) is 26.8 Å². The molecule has 3 aromatic rings. The average Bonchev–Trinajstić information content (AvgIpc) is 2.89. The van der Waals surface area contributed by atoms with E-state index in [9.17, 15) is 4.79 Å². The molecule has 0 amide bonds. The van der Waals surface area contributed by atoms with Crippen molar-refractivity contribution in [2.75, 3.05) is 5.32 Å². The fraction of sp³-hybridized carbons (Fsp3) is 0.278. The lowest BCUT2D eigenvalue weighted by molar-refractivity contribution is -0.680. The second kappa shape index (κ2) is 6.31. The molecular weight excluding hydrogens is 304 g/mol. The first-order valence-corrected chi connectivity index (χ1v) is 7.84. The average molecular weight is 325 g/mol. The third kappa shape index (κ3) is 2.95. The van der Waals surface area contributed by atoms with E-state index in [1.807, 2.05) is 62.8 Å². The molecule has 0 aliphatic carbocycles. The van der Waals surface area contributed by atoms with E-state index in [1.165, 1.54) is 0 Å². The molecule has 0 saturated carbocycles. The van der Waals surface area contributed by atoms with Crippen LogP contribution in [0, 0.1) is 13.8 Å². The zero-order valence-electron chi connectivity index (χ0n) is 14.3. The summed E-state index contributed by atoms with van der Waals surface area (Å²) in [5, 5.41) is 7.27. The number of hydrogen-bond donors (Lipinski definition) is 2. The van der Waals surface area contributed by atoms with Crippen molar-refractivity contribution in [1.82, 2.24) is 10.1 Å². The van der Waals surface area contributed by atoms with E-state index < -0.39 is 0 Å². The molecule has 0 bridgehead atoms. The van der Waals surface area contributed by atoms with Gasteiger partial charge in [-0.15, -0.1) is 0 Å². The number of H-pyrrole nitrogens is 1. The molecule has 0 spiro atoms. The van der Waals surface area contributed by atoms with Crippen molar-refractivity contribution in [1.29, 1.82) is 0 Å². The van der Waals surface area contributed by atoms with Crippen LogP contribution in [0.25, 0.3) is 11.1 Å². The number of nitrogens with zero attached hydrogens (tertiary/aromatic N) is 2. The second-order valence-corrected chi connectivity index (χ2v) is 5.93. The van der Waals surface area contributed by atoms with Crippen LogP contribution >= 0.6 is 0 Å². The van der Waals surface area contributed by atoms with Gasteiger partial charge >= 0.3 is 0 Å². The predicted molar refractivity (Wildman–Crippen MR) is 91.7 cm³/mol. The number of aromatic amines is 1. The van der Waals surface area contributed by atoms with E-state index in [1.54, 1.807) is 6.20 Å². The number of aryl methyl sites for hydroxylation is 3. The molecule has 3 rings (SSSR count). The Morgan fingerprint density at radius 2 is 2.12 bits per heavy atom. The van der Waals surface area contributed by atoms with Gasteiger partial charge in [0.05, 0.1) is 5.69 Å². The fourth-order valence-electron chi connectivity index (χ4n) is 2.92. The van der Waals surface area contributed by atoms with E-state index >= 15 is 0 Å². The van der Waals surface area contributed by atoms with Crippen LogP contribution in [0.1, 0.15) is 30.1 Å². The van der Waals surface area contributed by atoms with Crippen molar-refractivity contribution < 1.29 is 9.09 Å². The van der Waals surface area contributed by atoms with Crippen LogP contribution in [0.2, 0.25) is 0 Å². The van der Waals surface area contributed by atoms with Gasteiger partial charge in [0.15, 0.2) is 6.20 Å². The molecule has 0 aliphatic rings. The summed E-state index contributed by atoms with van der Waals surface area (Å²) in [6.07, 6.45) is 3.67. The molecule has 0 unspecified atom stereocenters. The third-order valence-electron chi connectivity index (χ3n) is 4.14. The fourth-order valence-corrected chi connectivity index (χ4v) is 2.92. The van der Waals surface area contributed by atoms with E-state index in [4.69, 9.17) is 4.52 Å². The molecule has 3 aromatic heterocycles. The van der Waals surface area contributed by atoms with Gasteiger partial charge in [-0.3, -0.25) is 4.79 Å². The van der Waals surface area contributed by atoms with Crippen molar-refractivity contribution in [3.63, 3.8) is 0 Å². The van der Waals surface area contributed by atoms with Gasteiger partial charge in [0.1, 0.15) is 24.5 Å². The van der Waals surface area contributed by atoms with Gasteiger partial charge in [-0.1, -0.05) is 11.2 Å². The number of anilines is 1. The Kier molecular flexibility index (Phi) is 4.20. The largest absolute Gasteiger partial charge is 0.368 e. The number of hydrogen-bond acceptors (Lipinski definition) is 4. The standard InChI is InChI=1S/C18H20N4O2/c1-11(16-7-5-6-8-22(16)4)20-15-9-14(10-19-18(15)23)17-12(2)21-24-13(17)3/h5-11,20H,1-4H3/p+1/t11-/m1/s1. The molecular formula is C18H21N4O2+. The van der Waals surface area contributed by atoms with Gasteiger partial charge < -0.3 is 14.8 Å². The Hall–Kier alpha value is -2.89. The minimum Gasteiger partial charge on any atom is -0.368 e. The molecule has 6 heteroatoms. The minimum absolute atomic E-state index is 0.0165. The Morgan fingerprint density at radius 3 is 2.79 bits per heavy atom. The van der Waals surface area contributed by atoms with Crippen LogP contribution in [0.15, 0.2) is 46.0 Å². The lowest BCUT2D eigenvalue weighted by Crippen LogP contribution is -2.36. The minimum atomic E-state index is -0.157. The summed E-state index contributed by atoms with van der Waals surface area (Å²) in [4.78, 5) is 15.0. The first kappa shape index (κ1) is 16.0. The molecule has 0 saturated heterocycles. The Balaban J connectivity index is 1.96. The summed E-state index contributed by atoms with van der Waals surface area (Å²) in [6.45, 7) is 5.77. The maximum Gasteiger partial charge on any atom is 0.271 e. The van der Waals surface area contributed by atoms with Crippen molar-refractivity contribution in [2.45, 2.75) is 26.8 Å². The van der Waals surface area contributed by atoms with E-state index in [-0.39, 0.29) is 11.6 Å². The summed E-state index contributed by atoms with van der Waals surface area (Å²) >= 11 is 0. The van der Waals surface area contributed by atoms with Crippen molar-refractivity contribution >= 4 is 5.69 Å². The van der Waals surface area contributed by atoms with Crippen LogP contribution < -0.4 is 15.4 Å². The zero-order valence-corrected chi connectivity index (χ0v) is 14.3. The van der Waals surface area contributed by atoms with E-state index in [0.29, 0.717) is 5.69 Å². The van der Waals surface area contributed by atoms with Crippen LogP contribution in [0.4, 0.5) is 5.69 Å². The molecule has 0 aromatic carbocycles. The van der Waals surface area contributed by atoms with E-state index in [0.717, 1.165) is 28.3 Å². The first-order valence-electron chi connectivity index (χ1n) is 7.84. The van der Waals surface area contributed by atoms with Crippen molar-refractivity contribution in [3.05, 3.63) is 64.2 Å². The van der Waals surface area contributed by atoms with Gasteiger partial charge in [-0.2, -0.15) is 0 Å². The van der Waals surface area contributed by atoms with Crippen LogP contribution in [0.3, 0.4) is 0 Å². The molecule has 124 valence electrons. The molecule has 24 heavy (non-hydrogen) atoms. The topological polar surface area (TPSA) is 74.8 Å². The van der Waals surface area contributed by atoms with Gasteiger partial charge in [0.25, 0.3) is 5.56 Å². The molecule has 6 nitrogen and oxygen atoms in total. The maximum absolute atomic E-state index is 12.2. The summed E-state index contributed by atoms with van der Waals surface area (Å²) in [6, 6.07) is 7.81. The smallest absolute Gasteiger partial charge is 0.271 e. The van der Waals surface area contributed by atoms with Crippen molar-refractivity contribution in [3.8, 4) is 11.1 Å². The number of rotatable bonds is 4. The summed E-state index contributed by atoms with van der Waals surface area (Å²) < 4.78 is 7.25. The summed E-state index contributed by atoms with van der Waals surface area (Å²) in [5.41, 5.74) is 4.03. The van der Waals surface area contributed by atoms with Crippen molar-refractivity contribution in [2.24, 2.45) is 7.05 Å². The van der Waals surface area contributed by atoms with Gasteiger partial charge in [0.2, 0.25) is 5.69 Å².